The predicted molar refractivity (Wildman–Crippen MR) is 94.6 cm³/mol. The van der Waals surface area contributed by atoms with Gasteiger partial charge in [-0.2, -0.15) is 13.2 Å². The average molecular weight is 338 g/mol. The zero-order valence-electron chi connectivity index (χ0n) is 14.0. The third-order valence-electron chi connectivity index (χ3n) is 5.13. The van der Waals surface area contributed by atoms with E-state index in [0.717, 1.165) is 28.7 Å². The zero-order chi connectivity index (χ0) is 17.8. The van der Waals surface area contributed by atoms with Crippen molar-refractivity contribution >= 4 is 0 Å². The van der Waals surface area contributed by atoms with Gasteiger partial charge >= 0.3 is 6.18 Å². The Morgan fingerprint density at radius 1 is 0.840 bits per heavy atom. The van der Waals surface area contributed by atoms with Gasteiger partial charge in [-0.1, -0.05) is 42.5 Å². The second-order valence-corrected chi connectivity index (χ2v) is 6.63. The predicted octanol–water partition coefficient (Wildman–Crippen LogP) is 6.56. The summed E-state index contributed by atoms with van der Waals surface area (Å²) in [7, 11) is 0. The Hall–Kier alpha value is -2.55. The van der Waals surface area contributed by atoms with Crippen LogP contribution in [0.1, 0.15) is 27.8 Å². The highest BCUT2D eigenvalue weighted by atomic mass is 19.4. The highest BCUT2D eigenvalue weighted by Crippen LogP contribution is 2.44. The second kappa shape index (κ2) is 5.48. The molecule has 0 saturated heterocycles. The summed E-state index contributed by atoms with van der Waals surface area (Å²) in [5.41, 5.74) is 8.51. The molecule has 0 fully saturated rings. The lowest BCUT2D eigenvalue weighted by atomic mass is 9.88. The number of benzene rings is 3. The number of hydrogen-bond donors (Lipinski definition) is 0. The van der Waals surface area contributed by atoms with Crippen LogP contribution in [-0.4, -0.2) is 0 Å². The van der Waals surface area contributed by atoms with Crippen LogP contribution in [0.3, 0.4) is 0 Å². The number of alkyl halides is 3. The normalized spacial score (nSPS) is 12.8. The standard InChI is InChI=1S/C22H17F3/c1-13-11-19-18-6-4-3-5-16(18)12-20(19)21(14(13)2)15-7-9-17(10-8-15)22(23,24)25/h3-11H,12H2,1-2H3. The van der Waals surface area contributed by atoms with Crippen LogP contribution in [0.4, 0.5) is 13.2 Å². The molecule has 0 saturated carbocycles. The summed E-state index contributed by atoms with van der Waals surface area (Å²) >= 11 is 0. The van der Waals surface area contributed by atoms with Gasteiger partial charge in [-0.05, 0) is 76.9 Å². The minimum atomic E-state index is -4.31. The summed E-state index contributed by atoms with van der Waals surface area (Å²) in [6.07, 6.45) is -3.48. The van der Waals surface area contributed by atoms with Gasteiger partial charge in [0.05, 0.1) is 5.56 Å². The van der Waals surface area contributed by atoms with Crippen molar-refractivity contribution in [3.63, 3.8) is 0 Å². The first-order valence-electron chi connectivity index (χ1n) is 8.25. The fourth-order valence-electron chi connectivity index (χ4n) is 3.74. The van der Waals surface area contributed by atoms with E-state index in [0.29, 0.717) is 0 Å². The van der Waals surface area contributed by atoms with Gasteiger partial charge in [0, 0.05) is 0 Å². The van der Waals surface area contributed by atoms with E-state index in [1.807, 2.05) is 19.1 Å². The van der Waals surface area contributed by atoms with Crippen LogP contribution in [0.15, 0.2) is 54.6 Å². The molecule has 0 nitrogen and oxygen atoms in total. The van der Waals surface area contributed by atoms with Crippen molar-refractivity contribution in [3.8, 4) is 22.3 Å². The maximum absolute atomic E-state index is 12.9. The Morgan fingerprint density at radius 2 is 1.52 bits per heavy atom. The number of rotatable bonds is 1. The summed E-state index contributed by atoms with van der Waals surface area (Å²) in [6.45, 7) is 4.11. The van der Waals surface area contributed by atoms with Gasteiger partial charge < -0.3 is 0 Å². The van der Waals surface area contributed by atoms with Crippen LogP contribution in [0.25, 0.3) is 22.3 Å². The molecule has 3 aromatic rings. The molecule has 0 heterocycles. The van der Waals surface area contributed by atoms with E-state index < -0.39 is 11.7 Å². The quantitative estimate of drug-likeness (QED) is 0.369. The van der Waals surface area contributed by atoms with Crippen molar-refractivity contribution in [2.45, 2.75) is 26.4 Å². The first kappa shape index (κ1) is 15.9. The van der Waals surface area contributed by atoms with Crippen molar-refractivity contribution in [2.24, 2.45) is 0 Å². The van der Waals surface area contributed by atoms with Crippen LogP contribution in [0.2, 0.25) is 0 Å². The number of fused-ring (bicyclic) bond motifs is 3. The van der Waals surface area contributed by atoms with Gasteiger partial charge in [0.2, 0.25) is 0 Å². The van der Waals surface area contributed by atoms with Gasteiger partial charge in [-0.3, -0.25) is 0 Å². The van der Waals surface area contributed by atoms with Crippen LogP contribution in [-0.2, 0) is 12.6 Å². The van der Waals surface area contributed by atoms with Crippen molar-refractivity contribution in [2.75, 3.05) is 0 Å². The maximum atomic E-state index is 12.9. The van der Waals surface area contributed by atoms with Gasteiger partial charge in [-0.25, -0.2) is 0 Å². The Morgan fingerprint density at radius 3 is 2.20 bits per heavy atom. The van der Waals surface area contributed by atoms with Crippen molar-refractivity contribution in [1.82, 2.24) is 0 Å². The molecule has 0 amide bonds. The van der Waals surface area contributed by atoms with E-state index in [9.17, 15) is 13.2 Å². The van der Waals surface area contributed by atoms with Crippen LogP contribution < -0.4 is 0 Å². The monoisotopic (exact) mass is 338 g/mol. The molecule has 1 aliphatic rings. The van der Waals surface area contributed by atoms with E-state index in [1.54, 1.807) is 12.1 Å². The third-order valence-corrected chi connectivity index (χ3v) is 5.13. The lowest BCUT2D eigenvalue weighted by Crippen LogP contribution is -2.04. The smallest absolute Gasteiger partial charge is 0.166 e. The Labute approximate surface area is 144 Å². The molecule has 0 N–H and O–H groups in total. The largest absolute Gasteiger partial charge is 0.416 e. The minimum Gasteiger partial charge on any atom is -0.166 e. The van der Waals surface area contributed by atoms with E-state index in [4.69, 9.17) is 0 Å². The Kier molecular flexibility index (Phi) is 3.50. The molecular formula is C22H17F3. The zero-order valence-corrected chi connectivity index (χ0v) is 14.0. The Bertz CT molecular complexity index is 964. The van der Waals surface area contributed by atoms with Gasteiger partial charge in [0.25, 0.3) is 0 Å². The highest BCUT2D eigenvalue weighted by molar-refractivity contribution is 5.87. The fourth-order valence-corrected chi connectivity index (χ4v) is 3.74. The van der Waals surface area contributed by atoms with Crippen molar-refractivity contribution in [3.05, 3.63) is 82.4 Å². The Balaban J connectivity index is 1.91. The van der Waals surface area contributed by atoms with Gasteiger partial charge in [0.15, 0.2) is 0 Å². The summed E-state index contributed by atoms with van der Waals surface area (Å²) < 4.78 is 38.6. The average Bonchev–Trinajstić information content (AvgIpc) is 2.93. The molecule has 0 bridgehead atoms. The summed E-state index contributed by atoms with van der Waals surface area (Å²) in [4.78, 5) is 0. The second-order valence-electron chi connectivity index (χ2n) is 6.63. The number of hydrogen-bond acceptors (Lipinski definition) is 0. The summed E-state index contributed by atoms with van der Waals surface area (Å²) in [5.74, 6) is 0. The lowest BCUT2D eigenvalue weighted by Gasteiger charge is -2.16. The molecule has 0 atom stereocenters. The first-order chi connectivity index (χ1) is 11.9. The number of aryl methyl sites for hydroxylation is 1. The first-order valence-corrected chi connectivity index (χ1v) is 8.25. The molecule has 4 rings (SSSR count). The van der Waals surface area contributed by atoms with Crippen LogP contribution in [0, 0.1) is 13.8 Å². The molecule has 25 heavy (non-hydrogen) atoms. The lowest BCUT2D eigenvalue weighted by molar-refractivity contribution is -0.137. The summed E-state index contributed by atoms with van der Waals surface area (Å²) in [6, 6.07) is 16.0. The molecule has 126 valence electrons. The third kappa shape index (κ3) is 2.55. The van der Waals surface area contributed by atoms with Gasteiger partial charge in [0.1, 0.15) is 0 Å². The van der Waals surface area contributed by atoms with Gasteiger partial charge in [-0.15, -0.1) is 0 Å². The van der Waals surface area contributed by atoms with Crippen molar-refractivity contribution < 1.29 is 13.2 Å². The molecule has 3 aromatic carbocycles. The van der Waals surface area contributed by atoms with Crippen molar-refractivity contribution in [1.29, 1.82) is 0 Å². The summed E-state index contributed by atoms with van der Waals surface area (Å²) in [5, 5.41) is 0. The molecule has 1 aliphatic carbocycles. The molecule has 0 unspecified atom stereocenters. The van der Waals surface area contributed by atoms with Crippen LogP contribution in [0.5, 0.6) is 0 Å². The molecular weight excluding hydrogens is 321 g/mol. The minimum absolute atomic E-state index is 0.610. The highest BCUT2D eigenvalue weighted by Gasteiger charge is 2.30. The SMILES string of the molecule is Cc1cc2c(c(-c3ccc(C(F)(F)F)cc3)c1C)Cc1ccccc1-2. The molecule has 3 heteroatoms. The molecule has 0 spiro atoms. The van der Waals surface area contributed by atoms with E-state index >= 15 is 0 Å². The molecule has 0 aliphatic heterocycles. The van der Waals surface area contributed by atoms with E-state index in [-0.39, 0.29) is 0 Å². The molecule has 0 aromatic heterocycles. The molecule has 0 radical (unpaired) electrons. The number of halogens is 3. The maximum Gasteiger partial charge on any atom is 0.416 e. The van der Waals surface area contributed by atoms with E-state index in [2.05, 4.69) is 25.1 Å². The fraction of sp³-hybridized carbons (Fsp3) is 0.182. The van der Waals surface area contributed by atoms with E-state index in [1.165, 1.54) is 34.4 Å². The van der Waals surface area contributed by atoms with Crippen LogP contribution >= 0.6 is 0 Å². The topological polar surface area (TPSA) is 0 Å².